The van der Waals surface area contributed by atoms with Gasteiger partial charge in [0.1, 0.15) is 0 Å². The standard InChI is InChI=1S/C19H19N3O4S/c1-11(2)17(23)20-13-4-6-14(7-5-13)21-19(27)22-18(24)12-3-8-15-16(9-12)26-10-25-15/h3-9,11H,10H2,1-2H3,(H,20,23)(H2,21,22,24,27). The second-order valence-electron chi connectivity index (χ2n) is 6.20. The van der Waals surface area contributed by atoms with Crippen LogP contribution in [0.5, 0.6) is 11.5 Å². The third kappa shape index (κ3) is 4.73. The van der Waals surface area contributed by atoms with Gasteiger partial charge in [0.2, 0.25) is 12.7 Å². The van der Waals surface area contributed by atoms with Crippen molar-refractivity contribution in [2.24, 2.45) is 5.92 Å². The van der Waals surface area contributed by atoms with Gasteiger partial charge in [-0.25, -0.2) is 0 Å². The fourth-order valence-corrected chi connectivity index (χ4v) is 2.51. The maximum absolute atomic E-state index is 12.3. The summed E-state index contributed by atoms with van der Waals surface area (Å²) in [4.78, 5) is 24.0. The van der Waals surface area contributed by atoms with E-state index in [1.165, 1.54) is 0 Å². The van der Waals surface area contributed by atoms with Gasteiger partial charge >= 0.3 is 0 Å². The van der Waals surface area contributed by atoms with Crippen molar-refractivity contribution >= 4 is 40.5 Å². The Balaban J connectivity index is 1.56. The normalized spacial score (nSPS) is 11.8. The molecule has 1 aliphatic heterocycles. The number of rotatable bonds is 4. The van der Waals surface area contributed by atoms with Gasteiger partial charge in [-0.15, -0.1) is 0 Å². The number of benzene rings is 2. The molecule has 27 heavy (non-hydrogen) atoms. The summed E-state index contributed by atoms with van der Waals surface area (Å²) in [7, 11) is 0. The topological polar surface area (TPSA) is 88.7 Å². The van der Waals surface area contributed by atoms with Crippen LogP contribution in [0.3, 0.4) is 0 Å². The minimum atomic E-state index is -0.355. The van der Waals surface area contributed by atoms with E-state index in [1.54, 1.807) is 42.5 Å². The molecule has 1 heterocycles. The van der Waals surface area contributed by atoms with Gasteiger partial charge in [0.25, 0.3) is 5.91 Å². The van der Waals surface area contributed by atoms with Crippen molar-refractivity contribution in [2.45, 2.75) is 13.8 Å². The van der Waals surface area contributed by atoms with Crippen LogP contribution in [0.4, 0.5) is 11.4 Å². The molecule has 7 nitrogen and oxygen atoms in total. The molecule has 8 heteroatoms. The minimum Gasteiger partial charge on any atom is -0.454 e. The zero-order valence-corrected chi connectivity index (χ0v) is 15.7. The van der Waals surface area contributed by atoms with Gasteiger partial charge in [0.05, 0.1) is 0 Å². The van der Waals surface area contributed by atoms with Gasteiger partial charge in [0, 0.05) is 22.9 Å². The highest BCUT2D eigenvalue weighted by molar-refractivity contribution is 7.80. The summed E-state index contributed by atoms with van der Waals surface area (Å²) in [5.41, 5.74) is 1.79. The van der Waals surface area contributed by atoms with E-state index in [0.29, 0.717) is 28.4 Å². The van der Waals surface area contributed by atoms with Crippen molar-refractivity contribution in [2.75, 3.05) is 17.4 Å². The predicted molar refractivity (Wildman–Crippen MR) is 106 cm³/mol. The molecule has 0 bridgehead atoms. The molecule has 0 spiro atoms. The molecule has 0 aliphatic carbocycles. The second-order valence-corrected chi connectivity index (χ2v) is 6.61. The largest absolute Gasteiger partial charge is 0.454 e. The minimum absolute atomic E-state index is 0.0535. The molecule has 0 unspecified atom stereocenters. The van der Waals surface area contributed by atoms with Crippen LogP contribution in [0.15, 0.2) is 42.5 Å². The molecule has 3 rings (SSSR count). The van der Waals surface area contributed by atoms with Crippen molar-refractivity contribution in [3.05, 3.63) is 48.0 Å². The Bertz CT molecular complexity index is 881. The number of nitrogens with one attached hydrogen (secondary N) is 3. The van der Waals surface area contributed by atoms with E-state index in [2.05, 4.69) is 16.0 Å². The molecule has 0 saturated heterocycles. The van der Waals surface area contributed by atoms with Crippen molar-refractivity contribution in [1.82, 2.24) is 5.32 Å². The summed E-state index contributed by atoms with van der Waals surface area (Å²) < 4.78 is 10.5. The molecule has 0 saturated carbocycles. The molecule has 0 fully saturated rings. The molecular weight excluding hydrogens is 366 g/mol. The fraction of sp³-hybridized carbons (Fsp3) is 0.211. The average molecular weight is 385 g/mol. The Hall–Kier alpha value is -3.13. The lowest BCUT2D eigenvalue weighted by atomic mass is 10.2. The van der Waals surface area contributed by atoms with E-state index in [1.807, 2.05) is 13.8 Å². The molecule has 1 aliphatic rings. The number of amides is 2. The first-order chi connectivity index (χ1) is 12.9. The van der Waals surface area contributed by atoms with Gasteiger partial charge < -0.3 is 20.1 Å². The Morgan fingerprint density at radius 2 is 1.59 bits per heavy atom. The smallest absolute Gasteiger partial charge is 0.257 e. The number of thiocarbonyl (C=S) groups is 1. The number of fused-ring (bicyclic) bond motifs is 1. The highest BCUT2D eigenvalue weighted by Gasteiger charge is 2.16. The third-order valence-corrected chi connectivity index (χ3v) is 4.00. The van der Waals surface area contributed by atoms with Crippen LogP contribution in [0, 0.1) is 5.92 Å². The lowest BCUT2D eigenvalue weighted by Crippen LogP contribution is -2.34. The van der Waals surface area contributed by atoms with E-state index in [-0.39, 0.29) is 29.6 Å². The summed E-state index contributed by atoms with van der Waals surface area (Å²) in [6.07, 6.45) is 0. The fourth-order valence-electron chi connectivity index (χ4n) is 2.30. The molecule has 2 aromatic rings. The van der Waals surface area contributed by atoms with Crippen molar-refractivity contribution < 1.29 is 19.1 Å². The van der Waals surface area contributed by atoms with Gasteiger partial charge in [-0.3, -0.25) is 14.9 Å². The third-order valence-electron chi connectivity index (χ3n) is 3.80. The maximum atomic E-state index is 12.3. The maximum Gasteiger partial charge on any atom is 0.257 e. The summed E-state index contributed by atoms with van der Waals surface area (Å²) >= 11 is 5.18. The highest BCUT2D eigenvalue weighted by Crippen LogP contribution is 2.32. The van der Waals surface area contributed by atoms with Crippen LogP contribution in [0.2, 0.25) is 0 Å². The average Bonchev–Trinajstić information content (AvgIpc) is 3.10. The lowest BCUT2D eigenvalue weighted by molar-refractivity contribution is -0.118. The molecule has 140 valence electrons. The lowest BCUT2D eigenvalue weighted by Gasteiger charge is -2.11. The van der Waals surface area contributed by atoms with Gasteiger partial charge in [-0.05, 0) is 54.7 Å². The first kappa shape index (κ1) is 18.7. The Kier molecular flexibility index (Phi) is 5.56. The Morgan fingerprint density at radius 3 is 2.26 bits per heavy atom. The number of carbonyl (C=O) groups excluding carboxylic acids is 2. The van der Waals surface area contributed by atoms with E-state index >= 15 is 0 Å². The second kappa shape index (κ2) is 8.05. The molecular formula is C19H19N3O4S. The van der Waals surface area contributed by atoms with E-state index in [4.69, 9.17) is 21.7 Å². The first-order valence-corrected chi connectivity index (χ1v) is 8.76. The number of carbonyl (C=O) groups is 2. The summed E-state index contributed by atoms with van der Waals surface area (Å²) in [5, 5.41) is 8.51. The van der Waals surface area contributed by atoms with Crippen LogP contribution in [0.1, 0.15) is 24.2 Å². The van der Waals surface area contributed by atoms with Crippen molar-refractivity contribution in [1.29, 1.82) is 0 Å². The van der Waals surface area contributed by atoms with Gasteiger partial charge in [-0.2, -0.15) is 0 Å². The molecule has 2 amide bonds. The zero-order valence-electron chi connectivity index (χ0n) is 14.9. The van der Waals surface area contributed by atoms with Crippen LogP contribution >= 0.6 is 12.2 Å². The monoisotopic (exact) mass is 385 g/mol. The molecule has 3 N–H and O–H groups in total. The Labute approximate surface area is 162 Å². The predicted octanol–water partition coefficient (Wildman–Crippen LogP) is 3.14. The summed E-state index contributed by atoms with van der Waals surface area (Å²) in [6.45, 7) is 3.80. The van der Waals surface area contributed by atoms with Crippen LogP contribution < -0.4 is 25.4 Å². The van der Waals surface area contributed by atoms with Gasteiger partial charge in [-0.1, -0.05) is 13.8 Å². The van der Waals surface area contributed by atoms with Crippen molar-refractivity contribution in [3.8, 4) is 11.5 Å². The van der Waals surface area contributed by atoms with Crippen LogP contribution in [-0.4, -0.2) is 23.7 Å². The molecule has 2 aromatic carbocycles. The highest BCUT2D eigenvalue weighted by atomic mass is 32.1. The first-order valence-electron chi connectivity index (χ1n) is 8.35. The van der Waals surface area contributed by atoms with Crippen molar-refractivity contribution in [3.63, 3.8) is 0 Å². The number of hydrogen-bond acceptors (Lipinski definition) is 5. The summed E-state index contributed by atoms with van der Waals surface area (Å²) in [5.74, 6) is 0.632. The number of anilines is 2. The number of hydrogen-bond donors (Lipinski definition) is 3. The van der Waals surface area contributed by atoms with Crippen LogP contribution in [0.25, 0.3) is 0 Å². The quantitative estimate of drug-likeness (QED) is 0.701. The van der Waals surface area contributed by atoms with E-state index < -0.39 is 0 Å². The molecule has 0 radical (unpaired) electrons. The molecule has 0 atom stereocenters. The molecule has 0 aromatic heterocycles. The number of ether oxygens (including phenoxy) is 2. The van der Waals surface area contributed by atoms with Crippen LogP contribution in [-0.2, 0) is 4.79 Å². The summed E-state index contributed by atoms with van der Waals surface area (Å²) in [6, 6.07) is 11.9. The SMILES string of the molecule is CC(C)C(=O)Nc1ccc(NC(=S)NC(=O)c2ccc3c(c2)OCO3)cc1. The zero-order chi connectivity index (χ0) is 19.4. The van der Waals surface area contributed by atoms with E-state index in [9.17, 15) is 9.59 Å². The van der Waals surface area contributed by atoms with E-state index in [0.717, 1.165) is 0 Å². The van der Waals surface area contributed by atoms with Gasteiger partial charge in [0.15, 0.2) is 16.6 Å². The Morgan fingerprint density at radius 1 is 0.963 bits per heavy atom.